The van der Waals surface area contributed by atoms with Gasteiger partial charge >= 0.3 is 5.97 Å². The molecule has 1 amide bonds. The first-order valence-corrected chi connectivity index (χ1v) is 10.1. The van der Waals surface area contributed by atoms with Gasteiger partial charge in [-0.15, -0.1) is 0 Å². The minimum atomic E-state index is -0.393. The maximum absolute atomic E-state index is 12.4. The molecule has 0 radical (unpaired) electrons. The molecule has 2 rings (SSSR count). The van der Waals surface area contributed by atoms with E-state index in [4.69, 9.17) is 17.0 Å². The Kier molecular flexibility index (Phi) is 6.90. The Labute approximate surface area is 174 Å². The number of hydrogen-bond acceptors (Lipinski definition) is 5. The number of hydrogen-bond donors (Lipinski definition) is 1. The minimum Gasteiger partial charge on any atom is -0.462 e. The number of amides is 1. The molecule has 0 aliphatic heterocycles. The number of rotatable bonds is 3. The van der Waals surface area contributed by atoms with Gasteiger partial charge in [0.05, 0.1) is 6.61 Å². The number of aromatic nitrogens is 1. The average molecular weight is 420 g/mol. The maximum Gasteiger partial charge on any atom is 0.350 e. The van der Waals surface area contributed by atoms with E-state index in [1.54, 1.807) is 37.6 Å². The molecule has 6 nitrogen and oxygen atoms in total. The Bertz CT molecular complexity index is 964. The van der Waals surface area contributed by atoms with Crippen LogP contribution >= 0.6 is 23.6 Å². The van der Waals surface area contributed by atoms with Crippen molar-refractivity contribution < 1.29 is 14.3 Å². The molecule has 0 saturated heterocycles. The predicted octanol–water partition coefficient (Wildman–Crippen LogP) is 3.48. The average Bonchev–Trinajstić information content (AvgIpc) is 2.89. The molecular formula is C20H25N3O3S2. The molecular weight excluding hydrogens is 394 g/mol. The van der Waals surface area contributed by atoms with Crippen LogP contribution in [0.5, 0.6) is 0 Å². The molecule has 0 atom stereocenters. The molecule has 0 unspecified atom stereocenters. The van der Waals surface area contributed by atoms with Crippen molar-refractivity contribution in [2.24, 2.45) is 12.0 Å². The van der Waals surface area contributed by atoms with Crippen molar-refractivity contribution in [3.05, 3.63) is 50.8 Å². The van der Waals surface area contributed by atoms with E-state index in [-0.39, 0.29) is 16.4 Å². The molecule has 1 aromatic heterocycles. The molecule has 0 saturated carbocycles. The van der Waals surface area contributed by atoms with Gasteiger partial charge in [0.2, 0.25) is 5.11 Å². The van der Waals surface area contributed by atoms with Gasteiger partial charge in [0, 0.05) is 18.3 Å². The normalized spacial score (nSPS) is 12.0. The molecule has 28 heavy (non-hydrogen) atoms. The summed E-state index contributed by atoms with van der Waals surface area (Å²) in [7, 11) is 1.78. The van der Waals surface area contributed by atoms with Crippen LogP contribution in [0.4, 0.5) is 0 Å². The third-order valence-electron chi connectivity index (χ3n) is 4.20. The first-order chi connectivity index (χ1) is 13.0. The molecule has 1 aromatic carbocycles. The van der Waals surface area contributed by atoms with Crippen molar-refractivity contribution in [3.63, 3.8) is 0 Å². The van der Waals surface area contributed by atoms with Crippen LogP contribution in [-0.2, 0) is 17.2 Å². The van der Waals surface area contributed by atoms with Gasteiger partial charge in [0.25, 0.3) is 5.91 Å². The zero-order chi connectivity index (χ0) is 21.1. The van der Waals surface area contributed by atoms with Gasteiger partial charge in [0.1, 0.15) is 4.88 Å². The summed E-state index contributed by atoms with van der Waals surface area (Å²) in [4.78, 5) is 29.7. The lowest BCUT2D eigenvalue weighted by molar-refractivity contribution is 0.0530. The lowest BCUT2D eigenvalue weighted by atomic mass is 9.87. The highest BCUT2D eigenvalue weighted by Crippen LogP contribution is 2.22. The Hall–Kier alpha value is -2.32. The van der Waals surface area contributed by atoms with E-state index in [1.165, 1.54) is 11.3 Å². The highest BCUT2D eigenvalue weighted by atomic mass is 32.1. The summed E-state index contributed by atoms with van der Waals surface area (Å²) in [5.41, 5.74) is 2.39. The van der Waals surface area contributed by atoms with Crippen LogP contribution in [0.15, 0.2) is 29.3 Å². The second-order valence-electron chi connectivity index (χ2n) is 7.28. The van der Waals surface area contributed by atoms with E-state index in [0.29, 0.717) is 21.8 Å². The van der Waals surface area contributed by atoms with Crippen LogP contribution in [0.2, 0.25) is 0 Å². The fourth-order valence-electron chi connectivity index (χ4n) is 2.42. The Morgan fingerprint density at radius 2 is 1.86 bits per heavy atom. The van der Waals surface area contributed by atoms with Crippen molar-refractivity contribution in [1.82, 2.24) is 9.88 Å². The molecule has 0 bridgehead atoms. The number of thiazole rings is 1. The van der Waals surface area contributed by atoms with Gasteiger partial charge < -0.3 is 9.30 Å². The fourth-order valence-corrected chi connectivity index (χ4v) is 3.68. The van der Waals surface area contributed by atoms with E-state index in [1.807, 2.05) is 12.1 Å². The first kappa shape index (κ1) is 22.0. The van der Waals surface area contributed by atoms with Crippen molar-refractivity contribution in [1.29, 1.82) is 0 Å². The topological polar surface area (TPSA) is 72.7 Å². The third-order valence-corrected chi connectivity index (χ3v) is 5.61. The van der Waals surface area contributed by atoms with Crippen molar-refractivity contribution >= 4 is 40.5 Å². The van der Waals surface area contributed by atoms with E-state index in [9.17, 15) is 9.59 Å². The molecule has 8 heteroatoms. The quantitative estimate of drug-likeness (QED) is 0.611. The van der Waals surface area contributed by atoms with Gasteiger partial charge in [-0.05, 0) is 49.2 Å². The second-order valence-corrected chi connectivity index (χ2v) is 8.64. The van der Waals surface area contributed by atoms with E-state index in [2.05, 4.69) is 31.1 Å². The van der Waals surface area contributed by atoms with E-state index in [0.717, 1.165) is 11.3 Å². The summed E-state index contributed by atoms with van der Waals surface area (Å²) >= 11 is 6.38. The number of thiocarbonyl (C=S) groups is 1. The first-order valence-electron chi connectivity index (χ1n) is 8.88. The Morgan fingerprint density at radius 1 is 1.25 bits per heavy atom. The summed E-state index contributed by atoms with van der Waals surface area (Å²) in [6.07, 6.45) is 0. The van der Waals surface area contributed by atoms with Gasteiger partial charge in [0.15, 0.2) is 4.80 Å². The number of nitrogens with zero attached hydrogens (tertiary/aromatic N) is 2. The predicted molar refractivity (Wildman–Crippen MR) is 115 cm³/mol. The lowest BCUT2D eigenvalue weighted by Gasteiger charge is -2.18. The molecule has 0 fully saturated rings. The van der Waals surface area contributed by atoms with Crippen LogP contribution in [-0.4, -0.2) is 28.2 Å². The number of carbonyl (C=O) groups is 2. The lowest BCUT2D eigenvalue weighted by Crippen LogP contribution is -2.30. The van der Waals surface area contributed by atoms with Gasteiger partial charge in [-0.25, -0.2) is 4.79 Å². The number of esters is 1. The fraction of sp³-hybridized carbons (Fsp3) is 0.400. The standard InChI is InChI=1S/C20H25N3O3S2/c1-7-26-17(25)15-12(2)23(6)19(28-15)22-18(27)21-16(24)13-8-10-14(11-9-13)20(3,4)5/h8-11H,7H2,1-6H3,(H,21,24,27). The summed E-state index contributed by atoms with van der Waals surface area (Å²) in [6.45, 7) is 10.2. The molecule has 0 aliphatic carbocycles. The van der Waals surface area contributed by atoms with Gasteiger partial charge in [-0.1, -0.05) is 44.2 Å². The van der Waals surface area contributed by atoms with Crippen LogP contribution in [0.25, 0.3) is 0 Å². The van der Waals surface area contributed by atoms with Crippen molar-refractivity contribution in [3.8, 4) is 0 Å². The van der Waals surface area contributed by atoms with Crippen LogP contribution in [0, 0.1) is 6.92 Å². The molecule has 0 aliphatic rings. The Balaban J connectivity index is 2.18. The minimum absolute atomic E-state index is 0.0159. The summed E-state index contributed by atoms with van der Waals surface area (Å²) in [5, 5.41) is 2.66. The van der Waals surface area contributed by atoms with Crippen LogP contribution in [0.3, 0.4) is 0 Å². The van der Waals surface area contributed by atoms with E-state index < -0.39 is 5.97 Å². The van der Waals surface area contributed by atoms with Crippen LogP contribution in [0.1, 0.15) is 59.0 Å². The van der Waals surface area contributed by atoms with Crippen molar-refractivity contribution in [2.75, 3.05) is 6.61 Å². The second kappa shape index (κ2) is 8.79. The molecule has 0 spiro atoms. The zero-order valence-electron chi connectivity index (χ0n) is 17.0. The highest BCUT2D eigenvalue weighted by Gasteiger charge is 2.17. The molecule has 1 N–H and O–H groups in total. The molecule has 1 heterocycles. The molecule has 150 valence electrons. The number of carbonyl (C=O) groups excluding carboxylic acids is 2. The number of benzene rings is 1. The maximum atomic E-state index is 12.4. The van der Waals surface area contributed by atoms with Gasteiger partial charge in [-0.2, -0.15) is 4.99 Å². The number of nitrogens with one attached hydrogen (secondary N) is 1. The summed E-state index contributed by atoms with van der Waals surface area (Å²) in [5.74, 6) is -0.716. The summed E-state index contributed by atoms with van der Waals surface area (Å²) in [6, 6.07) is 7.41. The SMILES string of the molecule is CCOC(=O)c1sc(=NC(=S)NC(=O)c2ccc(C(C)(C)C)cc2)n(C)c1C. The van der Waals surface area contributed by atoms with E-state index >= 15 is 0 Å². The van der Waals surface area contributed by atoms with Crippen molar-refractivity contribution in [2.45, 2.75) is 40.0 Å². The molecule has 2 aromatic rings. The highest BCUT2D eigenvalue weighted by molar-refractivity contribution is 7.80. The monoisotopic (exact) mass is 419 g/mol. The summed E-state index contributed by atoms with van der Waals surface area (Å²) < 4.78 is 6.80. The van der Waals surface area contributed by atoms with Gasteiger partial charge in [-0.3, -0.25) is 10.1 Å². The number of ether oxygens (including phenoxy) is 1. The van der Waals surface area contributed by atoms with Crippen LogP contribution < -0.4 is 10.1 Å². The smallest absolute Gasteiger partial charge is 0.350 e. The largest absolute Gasteiger partial charge is 0.462 e. The Morgan fingerprint density at radius 3 is 2.39 bits per heavy atom. The third kappa shape index (κ3) is 5.14. The zero-order valence-corrected chi connectivity index (χ0v) is 18.6.